The number of carbonyl (C=O) groups is 1. The van der Waals surface area contributed by atoms with Gasteiger partial charge in [0.25, 0.3) is 5.91 Å². The molecular weight excluding hydrogens is 264 g/mol. The van der Waals surface area contributed by atoms with E-state index in [0.29, 0.717) is 6.04 Å². The molecule has 4 heteroatoms. The molecule has 1 saturated heterocycles. The van der Waals surface area contributed by atoms with E-state index in [1.807, 2.05) is 29.2 Å². The summed E-state index contributed by atoms with van der Waals surface area (Å²) in [7, 11) is 1.63. The largest absolute Gasteiger partial charge is 0.497 e. The molecule has 21 heavy (non-hydrogen) atoms. The topological polar surface area (TPSA) is 34.5 Å². The zero-order valence-corrected chi connectivity index (χ0v) is 12.2. The third kappa shape index (κ3) is 2.94. The minimum Gasteiger partial charge on any atom is -0.497 e. The summed E-state index contributed by atoms with van der Waals surface area (Å²) in [4.78, 5) is 14.4. The number of rotatable bonds is 3. The highest BCUT2D eigenvalue weighted by Gasteiger charge is 2.24. The number of benzene rings is 1. The minimum absolute atomic E-state index is 0.114. The van der Waals surface area contributed by atoms with Crippen LogP contribution in [0, 0.1) is 0 Å². The molecule has 2 aromatic rings. The van der Waals surface area contributed by atoms with E-state index in [1.165, 1.54) is 0 Å². The summed E-state index contributed by atoms with van der Waals surface area (Å²) in [5, 5.41) is 0. The summed E-state index contributed by atoms with van der Waals surface area (Å²) >= 11 is 0. The van der Waals surface area contributed by atoms with Crippen LogP contribution in [-0.2, 0) is 0 Å². The second-order valence-electron chi connectivity index (χ2n) is 5.38. The molecule has 110 valence electrons. The highest BCUT2D eigenvalue weighted by molar-refractivity contribution is 5.94. The second-order valence-corrected chi connectivity index (χ2v) is 5.38. The third-order valence-corrected chi connectivity index (χ3v) is 4.14. The Morgan fingerprint density at radius 2 is 1.71 bits per heavy atom. The van der Waals surface area contributed by atoms with E-state index in [9.17, 15) is 4.79 Å². The first-order valence-corrected chi connectivity index (χ1v) is 7.34. The summed E-state index contributed by atoms with van der Waals surface area (Å²) < 4.78 is 7.37. The molecule has 0 atom stereocenters. The zero-order chi connectivity index (χ0) is 14.7. The lowest BCUT2D eigenvalue weighted by Crippen LogP contribution is -2.38. The van der Waals surface area contributed by atoms with Gasteiger partial charge in [0.2, 0.25) is 0 Å². The maximum atomic E-state index is 12.5. The van der Waals surface area contributed by atoms with Gasteiger partial charge < -0.3 is 14.2 Å². The summed E-state index contributed by atoms with van der Waals surface area (Å²) in [6, 6.07) is 11.9. The molecule has 1 aliphatic rings. The molecule has 0 bridgehead atoms. The number of ether oxygens (including phenoxy) is 1. The van der Waals surface area contributed by atoms with Gasteiger partial charge in [0, 0.05) is 37.1 Å². The van der Waals surface area contributed by atoms with Crippen LogP contribution in [0.15, 0.2) is 48.8 Å². The quantitative estimate of drug-likeness (QED) is 0.868. The molecule has 0 N–H and O–H groups in total. The first-order valence-electron chi connectivity index (χ1n) is 7.34. The number of methoxy groups -OCH3 is 1. The summed E-state index contributed by atoms with van der Waals surface area (Å²) in [5.41, 5.74) is 0.732. The number of nitrogens with zero attached hydrogens (tertiary/aromatic N) is 2. The number of carbonyl (C=O) groups excluding carboxylic acids is 1. The van der Waals surface area contributed by atoms with Gasteiger partial charge in [-0.25, -0.2) is 0 Å². The maximum Gasteiger partial charge on any atom is 0.253 e. The lowest BCUT2D eigenvalue weighted by molar-refractivity contribution is 0.0694. The Labute approximate surface area is 124 Å². The first-order chi connectivity index (χ1) is 10.3. The Hall–Kier alpha value is -2.23. The Balaban J connectivity index is 1.62. The van der Waals surface area contributed by atoms with Crippen molar-refractivity contribution in [1.82, 2.24) is 9.47 Å². The highest BCUT2D eigenvalue weighted by Crippen LogP contribution is 2.24. The van der Waals surface area contributed by atoms with Crippen molar-refractivity contribution >= 4 is 5.91 Å². The zero-order valence-electron chi connectivity index (χ0n) is 12.2. The number of aromatic nitrogens is 1. The van der Waals surface area contributed by atoms with E-state index in [-0.39, 0.29) is 5.91 Å². The fourth-order valence-electron chi connectivity index (χ4n) is 2.87. The predicted molar refractivity (Wildman–Crippen MR) is 81.6 cm³/mol. The molecule has 1 aromatic carbocycles. The molecule has 0 aliphatic carbocycles. The van der Waals surface area contributed by atoms with Gasteiger partial charge in [-0.05, 0) is 49.2 Å². The van der Waals surface area contributed by atoms with Gasteiger partial charge in [-0.2, -0.15) is 0 Å². The van der Waals surface area contributed by atoms with Crippen LogP contribution in [-0.4, -0.2) is 35.6 Å². The van der Waals surface area contributed by atoms with Crippen LogP contribution in [0.1, 0.15) is 29.2 Å². The number of hydrogen-bond donors (Lipinski definition) is 0. The van der Waals surface area contributed by atoms with Gasteiger partial charge in [0.15, 0.2) is 0 Å². The second kappa shape index (κ2) is 6.04. The van der Waals surface area contributed by atoms with Crippen LogP contribution in [0.4, 0.5) is 0 Å². The third-order valence-electron chi connectivity index (χ3n) is 4.14. The summed E-state index contributed by atoms with van der Waals surface area (Å²) in [6.07, 6.45) is 6.23. The molecule has 0 spiro atoms. The van der Waals surface area contributed by atoms with Crippen LogP contribution in [0.3, 0.4) is 0 Å². The average Bonchev–Trinajstić information content (AvgIpc) is 3.09. The first kappa shape index (κ1) is 13.7. The molecule has 0 radical (unpaired) electrons. The van der Waals surface area contributed by atoms with Crippen molar-refractivity contribution in [2.45, 2.75) is 18.9 Å². The molecule has 3 rings (SSSR count). The molecule has 1 amide bonds. The molecule has 1 fully saturated rings. The van der Waals surface area contributed by atoms with Crippen molar-refractivity contribution in [3.8, 4) is 5.75 Å². The Morgan fingerprint density at radius 1 is 1.10 bits per heavy atom. The Kier molecular flexibility index (Phi) is 3.95. The van der Waals surface area contributed by atoms with Gasteiger partial charge >= 0.3 is 0 Å². The summed E-state index contributed by atoms with van der Waals surface area (Å²) in [6.45, 7) is 1.63. The molecule has 1 aromatic heterocycles. The molecule has 0 unspecified atom stereocenters. The molecule has 1 aliphatic heterocycles. The van der Waals surface area contributed by atoms with E-state index < -0.39 is 0 Å². The smallest absolute Gasteiger partial charge is 0.253 e. The predicted octanol–water partition coefficient (Wildman–Crippen LogP) is 2.97. The number of hydrogen-bond acceptors (Lipinski definition) is 2. The lowest BCUT2D eigenvalue weighted by Gasteiger charge is -2.32. The van der Waals surface area contributed by atoms with Crippen LogP contribution < -0.4 is 4.74 Å². The van der Waals surface area contributed by atoms with Gasteiger partial charge in [-0.1, -0.05) is 0 Å². The SMILES string of the molecule is COc1ccc(C(=O)N2CCC(n3cccc3)CC2)cc1. The molecule has 4 nitrogen and oxygen atoms in total. The molecule has 2 heterocycles. The van der Waals surface area contributed by atoms with E-state index in [0.717, 1.165) is 37.2 Å². The maximum absolute atomic E-state index is 12.5. The standard InChI is InChI=1S/C17H20N2O2/c1-21-16-6-4-14(5-7-16)17(20)19-12-8-15(9-13-19)18-10-2-3-11-18/h2-7,10-11,15H,8-9,12-13H2,1H3. The van der Waals surface area contributed by atoms with Gasteiger partial charge in [0.05, 0.1) is 7.11 Å². The van der Waals surface area contributed by atoms with E-state index >= 15 is 0 Å². The van der Waals surface area contributed by atoms with Crippen molar-refractivity contribution in [2.24, 2.45) is 0 Å². The molecular formula is C17H20N2O2. The average molecular weight is 284 g/mol. The minimum atomic E-state index is 0.114. The van der Waals surface area contributed by atoms with Gasteiger partial charge in [-0.15, -0.1) is 0 Å². The Morgan fingerprint density at radius 3 is 2.29 bits per heavy atom. The lowest BCUT2D eigenvalue weighted by atomic mass is 10.0. The van der Waals surface area contributed by atoms with E-state index in [2.05, 4.69) is 29.1 Å². The van der Waals surface area contributed by atoms with Crippen LogP contribution >= 0.6 is 0 Å². The van der Waals surface area contributed by atoms with Crippen molar-refractivity contribution < 1.29 is 9.53 Å². The van der Waals surface area contributed by atoms with Crippen LogP contribution in [0.5, 0.6) is 5.75 Å². The summed E-state index contributed by atoms with van der Waals surface area (Å²) in [5.74, 6) is 0.890. The highest BCUT2D eigenvalue weighted by atomic mass is 16.5. The van der Waals surface area contributed by atoms with Crippen molar-refractivity contribution in [1.29, 1.82) is 0 Å². The number of amides is 1. The number of likely N-dealkylation sites (tertiary alicyclic amines) is 1. The van der Waals surface area contributed by atoms with E-state index in [4.69, 9.17) is 4.74 Å². The monoisotopic (exact) mass is 284 g/mol. The van der Waals surface area contributed by atoms with Crippen molar-refractivity contribution in [3.63, 3.8) is 0 Å². The fourth-order valence-corrected chi connectivity index (χ4v) is 2.87. The van der Waals surface area contributed by atoms with Crippen molar-refractivity contribution in [2.75, 3.05) is 20.2 Å². The Bertz CT molecular complexity index is 582. The van der Waals surface area contributed by atoms with Crippen LogP contribution in [0.25, 0.3) is 0 Å². The molecule has 0 saturated carbocycles. The van der Waals surface area contributed by atoms with Gasteiger partial charge in [-0.3, -0.25) is 4.79 Å². The number of piperidine rings is 1. The van der Waals surface area contributed by atoms with E-state index in [1.54, 1.807) is 7.11 Å². The normalized spacial score (nSPS) is 16.0. The fraction of sp³-hybridized carbons (Fsp3) is 0.353. The van der Waals surface area contributed by atoms with Crippen molar-refractivity contribution in [3.05, 3.63) is 54.4 Å². The van der Waals surface area contributed by atoms with Gasteiger partial charge in [0.1, 0.15) is 5.75 Å². The van der Waals surface area contributed by atoms with Crippen LogP contribution in [0.2, 0.25) is 0 Å².